The van der Waals surface area contributed by atoms with Crippen molar-refractivity contribution >= 4 is 27.5 Å². The first-order valence-corrected chi connectivity index (χ1v) is 6.82. The molecule has 2 aromatic rings. The molecule has 0 saturated heterocycles. The minimum absolute atomic E-state index is 0.180. The Bertz CT molecular complexity index is 535. The van der Waals surface area contributed by atoms with Gasteiger partial charge in [0.25, 0.3) is 0 Å². The average Bonchev–Trinajstić information content (AvgIpc) is 2.59. The molecule has 86 valence electrons. The Kier molecular flexibility index (Phi) is 2.96. The molecule has 5 heteroatoms. The Morgan fingerprint density at radius 1 is 1.56 bits per heavy atom. The van der Waals surface area contributed by atoms with Gasteiger partial charge in [0.15, 0.2) is 0 Å². The van der Waals surface area contributed by atoms with Crippen molar-refractivity contribution in [2.75, 3.05) is 17.7 Å². The van der Waals surface area contributed by atoms with Crippen LogP contribution in [0.3, 0.4) is 0 Å². The molecule has 0 radical (unpaired) electrons. The first-order valence-electron chi connectivity index (χ1n) is 5.10. The summed E-state index contributed by atoms with van der Waals surface area (Å²) in [6, 6.07) is 5.84. The predicted molar refractivity (Wildman–Crippen MR) is 67.8 cm³/mol. The van der Waals surface area contributed by atoms with Crippen molar-refractivity contribution in [3.05, 3.63) is 24.5 Å². The Morgan fingerprint density at radius 3 is 3.00 bits per heavy atom. The highest BCUT2D eigenvalue weighted by Gasteiger charge is 2.10. The van der Waals surface area contributed by atoms with E-state index in [0.29, 0.717) is 11.4 Å². The molecule has 0 spiro atoms. The standard InChI is InChI=1S/C11H15N3OS/c1-8(6-16(2)15)14-7-13-10-5-9(12)3-4-11(10)14/h3-5,7-8H,6,12H2,1-2H3. The van der Waals surface area contributed by atoms with Gasteiger partial charge in [0.2, 0.25) is 0 Å². The molecular weight excluding hydrogens is 222 g/mol. The number of nitrogens with zero attached hydrogens (tertiary/aromatic N) is 2. The van der Waals surface area contributed by atoms with Gasteiger partial charge in [-0.15, -0.1) is 0 Å². The highest BCUT2D eigenvalue weighted by atomic mass is 32.2. The SMILES string of the molecule is CC(CS(C)=O)n1cnc2cc(N)ccc21. The predicted octanol–water partition coefficient (Wildman–Crippen LogP) is 1.56. The number of nitrogens with two attached hydrogens (primary N) is 1. The van der Waals surface area contributed by atoms with E-state index in [1.165, 1.54) is 0 Å². The number of benzene rings is 1. The van der Waals surface area contributed by atoms with Gasteiger partial charge < -0.3 is 10.3 Å². The van der Waals surface area contributed by atoms with Gasteiger partial charge in [-0.1, -0.05) is 0 Å². The quantitative estimate of drug-likeness (QED) is 0.824. The lowest BCUT2D eigenvalue weighted by Crippen LogP contribution is -2.11. The number of aromatic nitrogens is 2. The molecule has 0 aliphatic heterocycles. The maximum atomic E-state index is 11.2. The normalized spacial score (nSPS) is 15.1. The molecule has 1 heterocycles. The van der Waals surface area contributed by atoms with Crippen LogP contribution in [0.1, 0.15) is 13.0 Å². The van der Waals surface area contributed by atoms with Gasteiger partial charge in [-0.05, 0) is 25.1 Å². The first kappa shape index (κ1) is 11.1. The monoisotopic (exact) mass is 237 g/mol. The largest absolute Gasteiger partial charge is 0.399 e. The minimum Gasteiger partial charge on any atom is -0.399 e. The summed E-state index contributed by atoms with van der Waals surface area (Å²) in [4.78, 5) is 4.29. The van der Waals surface area contributed by atoms with Crippen LogP contribution < -0.4 is 5.73 Å². The minimum atomic E-state index is -0.801. The van der Waals surface area contributed by atoms with E-state index in [4.69, 9.17) is 5.73 Å². The van der Waals surface area contributed by atoms with Gasteiger partial charge in [0.05, 0.1) is 17.4 Å². The smallest absolute Gasteiger partial charge is 0.0961 e. The highest BCUT2D eigenvalue weighted by molar-refractivity contribution is 7.84. The summed E-state index contributed by atoms with van der Waals surface area (Å²) in [5.74, 6) is 0.635. The number of anilines is 1. The molecule has 0 aliphatic carbocycles. The zero-order valence-corrected chi connectivity index (χ0v) is 10.2. The van der Waals surface area contributed by atoms with Crippen molar-refractivity contribution in [1.29, 1.82) is 0 Å². The summed E-state index contributed by atoms with van der Waals surface area (Å²) >= 11 is 0. The van der Waals surface area contributed by atoms with Crippen LogP contribution >= 0.6 is 0 Å². The highest BCUT2D eigenvalue weighted by Crippen LogP contribution is 2.20. The molecule has 16 heavy (non-hydrogen) atoms. The van der Waals surface area contributed by atoms with Crippen LogP contribution in [-0.4, -0.2) is 25.8 Å². The Morgan fingerprint density at radius 2 is 2.31 bits per heavy atom. The molecule has 2 rings (SSSR count). The third-order valence-corrected chi connectivity index (χ3v) is 3.50. The van der Waals surface area contributed by atoms with Crippen LogP contribution in [0.2, 0.25) is 0 Å². The van der Waals surface area contributed by atoms with E-state index in [-0.39, 0.29) is 6.04 Å². The molecule has 2 N–H and O–H groups in total. The molecule has 1 aromatic heterocycles. The van der Waals surface area contributed by atoms with E-state index in [9.17, 15) is 4.21 Å². The summed E-state index contributed by atoms with van der Waals surface area (Å²) < 4.78 is 13.2. The number of hydrogen-bond donors (Lipinski definition) is 1. The van der Waals surface area contributed by atoms with Crippen molar-refractivity contribution in [2.24, 2.45) is 0 Å². The van der Waals surface area contributed by atoms with Crippen molar-refractivity contribution < 1.29 is 4.21 Å². The van der Waals surface area contributed by atoms with Crippen molar-refractivity contribution in [3.63, 3.8) is 0 Å². The van der Waals surface area contributed by atoms with Gasteiger partial charge in [0.1, 0.15) is 0 Å². The second-order valence-electron chi connectivity index (χ2n) is 3.99. The van der Waals surface area contributed by atoms with E-state index in [2.05, 4.69) is 4.98 Å². The van der Waals surface area contributed by atoms with Crippen molar-refractivity contribution in [3.8, 4) is 0 Å². The molecular formula is C11H15N3OS. The summed E-state index contributed by atoms with van der Waals surface area (Å²) in [7, 11) is -0.801. The molecule has 0 amide bonds. The van der Waals surface area contributed by atoms with Gasteiger partial charge in [-0.25, -0.2) is 4.98 Å². The fourth-order valence-electron chi connectivity index (χ4n) is 1.82. The van der Waals surface area contributed by atoms with Crippen LogP contribution in [0.15, 0.2) is 24.5 Å². The van der Waals surface area contributed by atoms with Gasteiger partial charge in [-0.2, -0.15) is 0 Å². The van der Waals surface area contributed by atoms with E-state index < -0.39 is 10.8 Å². The summed E-state index contributed by atoms with van der Waals surface area (Å²) in [5.41, 5.74) is 8.32. The lowest BCUT2D eigenvalue weighted by Gasteiger charge is -2.12. The van der Waals surface area contributed by atoms with Crippen molar-refractivity contribution in [1.82, 2.24) is 9.55 Å². The molecule has 0 fully saturated rings. The molecule has 1 aromatic carbocycles. The van der Waals surface area contributed by atoms with Gasteiger partial charge in [0, 0.05) is 34.5 Å². The summed E-state index contributed by atoms with van der Waals surface area (Å²) in [6.07, 6.45) is 3.50. The lowest BCUT2D eigenvalue weighted by molar-refractivity contribution is 0.612. The lowest BCUT2D eigenvalue weighted by atomic mass is 10.2. The topological polar surface area (TPSA) is 60.9 Å². The summed E-state index contributed by atoms with van der Waals surface area (Å²) in [5, 5.41) is 0. The number of rotatable bonds is 3. The van der Waals surface area contributed by atoms with Gasteiger partial charge in [-0.3, -0.25) is 4.21 Å². The van der Waals surface area contributed by atoms with Crippen molar-refractivity contribution in [2.45, 2.75) is 13.0 Å². The second kappa shape index (κ2) is 4.25. The Labute approximate surface area is 96.9 Å². The Hall–Kier alpha value is -1.36. The van der Waals surface area contributed by atoms with E-state index >= 15 is 0 Å². The fraction of sp³-hybridized carbons (Fsp3) is 0.364. The van der Waals surface area contributed by atoms with E-state index in [0.717, 1.165) is 11.0 Å². The first-order chi connectivity index (χ1) is 7.58. The van der Waals surface area contributed by atoms with Gasteiger partial charge >= 0.3 is 0 Å². The zero-order chi connectivity index (χ0) is 11.7. The van der Waals surface area contributed by atoms with E-state index in [1.807, 2.05) is 29.7 Å². The van der Waals surface area contributed by atoms with Crippen LogP contribution in [0, 0.1) is 0 Å². The number of hydrogen-bond acceptors (Lipinski definition) is 3. The molecule has 4 nitrogen and oxygen atoms in total. The molecule has 2 atom stereocenters. The third kappa shape index (κ3) is 2.09. The van der Waals surface area contributed by atoms with E-state index in [1.54, 1.807) is 12.6 Å². The molecule has 0 bridgehead atoms. The molecule has 0 aliphatic rings. The number of fused-ring (bicyclic) bond motifs is 1. The maximum absolute atomic E-state index is 11.2. The fourth-order valence-corrected chi connectivity index (χ4v) is 2.66. The molecule has 2 unspecified atom stereocenters. The average molecular weight is 237 g/mol. The third-order valence-electron chi connectivity index (χ3n) is 2.55. The Balaban J connectivity index is 2.41. The zero-order valence-electron chi connectivity index (χ0n) is 9.38. The summed E-state index contributed by atoms with van der Waals surface area (Å²) in [6.45, 7) is 2.04. The molecule has 0 saturated carbocycles. The maximum Gasteiger partial charge on any atom is 0.0961 e. The number of imidazole rings is 1. The van der Waals surface area contributed by atoms with Crippen LogP contribution in [0.25, 0.3) is 11.0 Å². The van der Waals surface area contributed by atoms with Crippen LogP contribution in [0.5, 0.6) is 0 Å². The van der Waals surface area contributed by atoms with Crippen LogP contribution in [-0.2, 0) is 10.8 Å². The second-order valence-corrected chi connectivity index (χ2v) is 5.47. The van der Waals surface area contributed by atoms with Crippen LogP contribution in [0.4, 0.5) is 5.69 Å². The number of nitrogen functional groups attached to an aromatic ring is 1.